The van der Waals surface area contributed by atoms with Gasteiger partial charge in [0.25, 0.3) is 0 Å². The molecule has 0 aliphatic rings. The SMILES string of the molecule is CS(=O)(=O)c1ccc(Oc2cccnc2C(=O)O)cc1. The first-order valence-electron chi connectivity index (χ1n) is 5.54. The number of ether oxygens (including phenoxy) is 1. The summed E-state index contributed by atoms with van der Waals surface area (Å²) >= 11 is 0. The number of rotatable bonds is 4. The Hall–Kier alpha value is -2.41. The number of sulfone groups is 1. The van der Waals surface area contributed by atoms with E-state index in [2.05, 4.69) is 4.98 Å². The predicted octanol–water partition coefficient (Wildman–Crippen LogP) is 1.98. The highest BCUT2D eigenvalue weighted by molar-refractivity contribution is 7.90. The van der Waals surface area contributed by atoms with Crippen molar-refractivity contribution in [1.82, 2.24) is 4.98 Å². The minimum atomic E-state index is -3.28. The van der Waals surface area contributed by atoms with Gasteiger partial charge in [0.2, 0.25) is 0 Å². The third-order valence-corrected chi connectivity index (χ3v) is 3.58. The Morgan fingerprint density at radius 2 is 1.85 bits per heavy atom. The van der Waals surface area contributed by atoms with E-state index in [1.54, 1.807) is 6.07 Å². The van der Waals surface area contributed by atoms with E-state index in [1.165, 1.54) is 36.5 Å². The highest BCUT2D eigenvalue weighted by Gasteiger charge is 2.13. The molecule has 0 fully saturated rings. The van der Waals surface area contributed by atoms with Crippen molar-refractivity contribution in [3.8, 4) is 11.5 Å². The van der Waals surface area contributed by atoms with Gasteiger partial charge in [-0.3, -0.25) is 0 Å². The molecule has 2 aromatic rings. The lowest BCUT2D eigenvalue weighted by molar-refractivity contribution is 0.0687. The number of carboxylic acid groups (broad SMARTS) is 1. The van der Waals surface area contributed by atoms with Crippen LogP contribution in [0.15, 0.2) is 47.5 Å². The van der Waals surface area contributed by atoms with E-state index in [0.717, 1.165) is 6.26 Å². The van der Waals surface area contributed by atoms with Crippen molar-refractivity contribution in [2.45, 2.75) is 4.90 Å². The van der Waals surface area contributed by atoms with Crippen LogP contribution < -0.4 is 4.74 Å². The van der Waals surface area contributed by atoms with Gasteiger partial charge in [-0.1, -0.05) is 0 Å². The number of carbonyl (C=O) groups is 1. The molecule has 104 valence electrons. The molecular weight excluding hydrogens is 282 g/mol. The lowest BCUT2D eigenvalue weighted by Crippen LogP contribution is -2.03. The second-order valence-corrected chi connectivity index (χ2v) is 6.02. The molecule has 7 heteroatoms. The zero-order valence-electron chi connectivity index (χ0n) is 10.5. The van der Waals surface area contributed by atoms with Crippen molar-refractivity contribution in [3.05, 3.63) is 48.3 Å². The third kappa shape index (κ3) is 3.12. The maximum atomic E-state index is 11.3. The maximum absolute atomic E-state index is 11.3. The molecule has 0 unspecified atom stereocenters. The number of benzene rings is 1. The Labute approximate surface area is 115 Å². The second-order valence-electron chi connectivity index (χ2n) is 4.00. The number of hydrogen-bond donors (Lipinski definition) is 1. The molecular formula is C13H11NO5S. The van der Waals surface area contributed by atoms with Crippen LogP contribution in [0, 0.1) is 0 Å². The summed E-state index contributed by atoms with van der Waals surface area (Å²) in [5.74, 6) is -0.784. The summed E-state index contributed by atoms with van der Waals surface area (Å²) < 4.78 is 28.0. The van der Waals surface area contributed by atoms with Crippen molar-refractivity contribution >= 4 is 15.8 Å². The second kappa shape index (κ2) is 5.30. The maximum Gasteiger partial charge on any atom is 0.358 e. The standard InChI is InChI=1S/C13H11NO5S/c1-20(17,18)10-6-4-9(5-7-10)19-11-3-2-8-14-12(11)13(15)16/h2-8H,1H3,(H,15,16). The van der Waals surface area contributed by atoms with Gasteiger partial charge in [-0.15, -0.1) is 0 Å². The van der Waals surface area contributed by atoms with E-state index < -0.39 is 15.8 Å². The van der Waals surface area contributed by atoms with Crippen LogP contribution in [0.1, 0.15) is 10.5 Å². The molecule has 1 heterocycles. The topological polar surface area (TPSA) is 93.6 Å². The van der Waals surface area contributed by atoms with E-state index in [1.807, 2.05) is 0 Å². The van der Waals surface area contributed by atoms with Gasteiger partial charge in [0, 0.05) is 12.5 Å². The molecule has 0 saturated heterocycles. The lowest BCUT2D eigenvalue weighted by Gasteiger charge is -2.08. The minimum absolute atomic E-state index is 0.0899. The number of carboxylic acids is 1. The number of aromatic nitrogens is 1. The van der Waals surface area contributed by atoms with Crippen molar-refractivity contribution in [2.75, 3.05) is 6.26 Å². The fourth-order valence-electron chi connectivity index (χ4n) is 1.52. The summed E-state index contributed by atoms with van der Waals surface area (Å²) in [6, 6.07) is 8.71. The highest BCUT2D eigenvalue weighted by Crippen LogP contribution is 2.25. The summed E-state index contributed by atoms with van der Waals surface area (Å²) in [5.41, 5.74) is -0.209. The Kier molecular flexibility index (Phi) is 3.71. The van der Waals surface area contributed by atoms with Gasteiger partial charge in [0.05, 0.1) is 4.90 Å². The van der Waals surface area contributed by atoms with E-state index in [9.17, 15) is 13.2 Å². The molecule has 1 aromatic carbocycles. The van der Waals surface area contributed by atoms with Crippen molar-refractivity contribution in [1.29, 1.82) is 0 Å². The average Bonchev–Trinajstić information content (AvgIpc) is 2.38. The van der Waals surface area contributed by atoms with Gasteiger partial charge in [-0.05, 0) is 36.4 Å². The molecule has 0 amide bonds. The third-order valence-electron chi connectivity index (χ3n) is 2.45. The van der Waals surface area contributed by atoms with E-state index in [4.69, 9.17) is 9.84 Å². The van der Waals surface area contributed by atoms with Crippen LogP contribution in [0.3, 0.4) is 0 Å². The van der Waals surface area contributed by atoms with Crippen LogP contribution >= 0.6 is 0 Å². The van der Waals surface area contributed by atoms with Crippen LogP contribution in [-0.2, 0) is 9.84 Å². The zero-order valence-corrected chi connectivity index (χ0v) is 11.3. The number of nitrogens with zero attached hydrogens (tertiary/aromatic N) is 1. The molecule has 1 aromatic heterocycles. The molecule has 1 N–H and O–H groups in total. The quantitative estimate of drug-likeness (QED) is 0.926. The molecule has 0 bridgehead atoms. The molecule has 0 saturated carbocycles. The number of aromatic carboxylic acids is 1. The van der Waals surface area contributed by atoms with Gasteiger partial charge in [-0.25, -0.2) is 18.2 Å². The molecule has 20 heavy (non-hydrogen) atoms. The fourth-order valence-corrected chi connectivity index (χ4v) is 2.15. The van der Waals surface area contributed by atoms with Crippen LogP contribution in [0.25, 0.3) is 0 Å². The number of pyridine rings is 1. The monoisotopic (exact) mass is 293 g/mol. The van der Waals surface area contributed by atoms with Gasteiger partial charge < -0.3 is 9.84 Å². The Balaban J connectivity index is 2.30. The summed E-state index contributed by atoms with van der Waals surface area (Å²) in [6.45, 7) is 0. The zero-order chi connectivity index (χ0) is 14.8. The van der Waals surface area contributed by atoms with Crippen molar-refractivity contribution < 1.29 is 23.1 Å². The summed E-state index contributed by atoms with van der Waals surface area (Å²) in [6.07, 6.45) is 2.45. The predicted molar refractivity (Wildman–Crippen MR) is 70.8 cm³/mol. The molecule has 2 rings (SSSR count). The first-order chi connectivity index (χ1) is 9.38. The van der Waals surface area contributed by atoms with E-state index in [-0.39, 0.29) is 16.3 Å². The highest BCUT2D eigenvalue weighted by atomic mass is 32.2. The Morgan fingerprint density at radius 1 is 1.20 bits per heavy atom. The van der Waals surface area contributed by atoms with Crippen LogP contribution in [0.2, 0.25) is 0 Å². The Morgan fingerprint density at radius 3 is 2.40 bits per heavy atom. The smallest absolute Gasteiger partial charge is 0.358 e. The minimum Gasteiger partial charge on any atom is -0.476 e. The normalized spacial score (nSPS) is 11.1. The largest absolute Gasteiger partial charge is 0.476 e. The summed E-state index contributed by atoms with van der Waals surface area (Å²) in [7, 11) is -3.28. The van der Waals surface area contributed by atoms with Gasteiger partial charge in [-0.2, -0.15) is 0 Å². The van der Waals surface area contributed by atoms with Crippen molar-refractivity contribution in [3.63, 3.8) is 0 Å². The van der Waals surface area contributed by atoms with Crippen LogP contribution in [0.5, 0.6) is 11.5 Å². The first kappa shape index (κ1) is 14.0. The molecule has 0 radical (unpaired) electrons. The summed E-state index contributed by atoms with van der Waals surface area (Å²) in [5, 5.41) is 8.97. The van der Waals surface area contributed by atoms with Crippen LogP contribution in [0.4, 0.5) is 0 Å². The first-order valence-corrected chi connectivity index (χ1v) is 7.43. The van der Waals surface area contributed by atoms with Gasteiger partial charge in [0.15, 0.2) is 21.3 Å². The molecule has 6 nitrogen and oxygen atoms in total. The lowest BCUT2D eigenvalue weighted by atomic mass is 10.3. The van der Waals surface area contributed by atoms with Gasteiger partial charge >= 0.3 is 5.97 Å². The molecule has 0 atom stereocenters. The summed E-state index contributed by atoms with van der Waals surface area (Å²) in [4.78, 5) is 14.8. The van der Waals surface area contributed by atoms with E-state index >= 15 is 0 Å². The van der Waals surface area contributed by atoms with Gasteiger partial charge in [0.1, 0.15) is 5.75 Å². The van der Waals surface area contributed by atoms with E-state index in [0.29, 0.717) is 5.75 Å². The molecule has 0 aliphatic heterocycles. The molecule has 0 aliphatic carbocycles. The average molecular weight is 293 g/mol. The van der Waals surface area contributed by atoms with Crippen molar-refractivity contribution in [2.24, 2.45) is 0 Å². The number of hydrogen-bond acceptors (Lipinski definition) is 5. The Bertz CT molecular complexity index is 738. The van der Waals surface area contributed by atoms with Crippen LogP contribution in [-0.4, -0.2) is 30.7 Å². The fraction of sp³-hybridized carbons (Fsp3) is 0.0769. The molecule has 0 spiro atoms.